The molecule has 0 aromatic heterocycles. The summed E-state index contributed by atoms with van der Waals surface area (Å²) in [6, 6.07) is 0. The third-order valence-corrected chi connectivity index (χ3v) is 5.52. The highest BCUT2D eigenvalue weighted by molar-refractivity contribution is 5.72. The van der Waals surface area contributed by atoms with Crippen molar-refractivity contribution in [3.8, 4) is 0 Å². The Morgan fingerprint density at radius 3 is 1.86 bits per heavy atom. The van der Waals surface area contributed by atoms with Gasteiger partial charge in [-0.25, -0.2) is 0 Å². The highest BCUT2D eigenvalue weighted by atomic mass is 16.5. The molecule has 0 bridgehead atoms. The van der Waals surface area contributed by atoms with Crippen molar-refractivity contribution in [1.82, 2.24) is 0 Å². The van der Waals surface area contributed by atoms with Gasteiger partial charge in [-0.05, 0) is 62.7 Å². The second-order valence-corrected chi connectivity index (χ2v) is 7.99. The lowest BCUT2D eigenvalue weighted by Crippen LogP contribution is -2.33. The van der Waals surface area contributed by atoms with E-state index in [-0.39, 0.29) is 18.0 Å². The molecule has 122 valence electrons. The molecule has 2 aliphatic rings. The minimum atomic E-state index is 0.0585. The second-order valence-electron chi connectivity index (χ2n) is 7.99. The zero-order valence-corrected chi connectivity index (χ0v) is 14.2. The molecule has 0 aliphatic heterocycles. The summed E-state index contributed by atoms with van der Waals surface area (Å²) in [5.74, 6) is 0.950. The minimum Gasteiger partial charge on any atom is -0.462 e. The smallest absolute Gasteiger partial charge is 0.309 e. The Hall–Kier alpha value is -0.570. The zero-order chi connectivity index (χ0) is 15.5. The van der Waals surface area contributed by atoms with Crippen LogP contribution in [0, 0.1) is 17.3 Å². The van der Waals surface area contributed by atoms with Crippen LogP contribution in [0.3, 0.4) is 0 Å². The number of ether oxygens (including phenoxy) is 2. The quantitative estimate of drug-likeness (QED) is 0.727. The fraction of sp³-hybridized carbons (Fsp3) is 0.944. The number of hydrogen-bond donors (Lipinski definition) is 0. The summed E-state index contributed by atoms with van der Waals surface area (Å²) in [5.41, 5.74) is 0.368. The maximum Gasteiger partial charge on any atom is 0.309 e. The molecule has 0 unspecified atom stereocenters. The van der Waals surface area contributed by atoms with Crippen molar-refractivity contribution in [2.75, 3.05) is 7.11 Å². The lowest BCUT2D eigenvalue weighted by atomic mass is 9.70. The van der Waals surface area contributed by atoms with Crippen LogP contribution in [0.25, 0.3) is 0 Å². The summed E-state index contributed by atoms with van der Waals surface area (Å²) < 4.78 is 11.1. The molecule has 0 amide bonds. The molecule has 2 saturated carbocycles. The predicted octanol–water partition coefficient (Wildman–Crippen LogP) is 4.34. The monoisotopic (exact) mass is 296 g/mol. The summed E-state index contributed by atoms with van der Waals surface area (Å²) in [6.45, 7) is 6.93. The first-order valence-corrected chi connectivity index (χ1v) is 8.63. The first-order valence-electron chi connectivity index (χ1n) is 8.63. The normalized spacial score (nSPS) is 34.5. The standard InChI is InChI=1S/C18H32O3/c1-18(2,3)14-7-5-13(6-8-14)17(19)21-16-11-9-15(20-4)10-12-16/h13-16H,5-12H2,1-4H3/t13-,14-,15-,16-. The summed E-state index contributed by atoms with van der Waals surface area (Å²) in [7, 11) is 1.77. The van der Waals surface area contributed by atoms with Crippen molar-refractivity contribution in [2.24, 2.45) is 17.3 Å². The van der Waals surface area contributed by atoms with Gasteiger partial charge in [-0.3, -0.25) is 4.79 Å². The number of methoxy groups -OCH3 is 1. The lowest BCUT2D eigenvalue weighted by molar-refractivity contribution is -0.158. The lowest BCUT2D eigenvalue weighted by Gasteiger charge is -2.36. The molecular weight excluding hydrogens is 264 g/mol. The number of carbonyl (C=O) groups excluding carboxylic acids is 1. The SMILES string of the molecule is CO[C@H]1CC[C@H](OC(=O)[C@H]2CC[C@H](C(C)(C)C)CC2)CC1. The van der Waals surface area contributed by atoms with E-state index in [1.165, 1.54) is 12.8 Å². The number of hydrogen-bond acceptors (Lipinski definition) is 3. The Kier molecular flexibility index (Phi) is 5.70. The molecule has 3 heteroatoms. The zero-order valence-electron chi connectivity index (χ0n) is 14.2. The molecule has 0 spiro atoms. The van der Waals surface area contributed by atoms with Gasteiger partial charge in [0, 0.05) is 7.11 Å². The van der Waals surface area contributed by atoms with Gasteiger partial charge in [0.15, 0.2) is 0 Å². The number of carbonyl (C=O) groups is 1. The largest absolute Gasteiger partial charge is 0.462 e. The highest BCUT2D eigenvalue weighted by Gasteiger charge is 2.34. The Morgan fingerprint density at radius 1 is 0.857 bits per heavy atom. The molecule has 0 radical (unpaired) electrons. The van der Waals surface area contributed by atoms with Gasteiger partial charge in [0.2, 0.25) is 0 Å². The number of rotatable bonds is 3. The maximum absolute atomic E-state index is 12.3. The van der Waals surface area contributed by atoms with Crippen molar-refractivity contribution in [3.05, 3.63) is 0 Å². The van der Waals surface area contributed by atoms with E-state index in [1.54, 1.807) is 7.11 Å². The Balaban J connectivity index is 1.73. The van der Waals surface area contributed by atoms with Gasteiger partial charge in [-0.15, -0.1) is 0 Å². The summed E-state index contributed by atoms with van der Waals surface area (Å²) in [6.07, 6.45) is 8.80. The summed E-state index contributed by atoms with van der Waals surface area (Å²) >= 11 is 0. The van der Waals surface area contributed by atoms with Crippen molar-refractivity contribution in [2.45, 2.75) is 84.3 Å². The van der Waals surface area contributed by atoms with Gasteiger partial charge < -0.3 is 9.47 Å². The van der Waals surface area contributed by atoms with Crippen LogP contribution in [0.1, 0.15) is 72.1 Å². The molecule has 3 nitrogen and oxygen atoms in total. The summed E-state index contributed by atoms with van der Waals surface area (Å²) in [4.78, 5) is 12.3. The van der Waals surface area contributed by atoms with Gasteiger partial charge in [0.1, 0.15) is 6.10 Å². The van der Waals surface area contributed by atoms with Crippen molar-refractivity contribution in [1.29, 1.82) is 0 Å². The van der Waals surface area contributed by atoms with Crippen molar-refractivity contribution in [3.63, 3.8) is 0 Å². The molecule has 2 fully saturated rings. The minimum absolute atomic E-state index is 0.0585. The average Bonchev–Trinajstić information content (AvgIpc) is 2.47. The Morgan fingerprint density at radius 2 is 1.38 bits per heavy atom. The van der Waals surface area contributed by atoms with Crippen molar-refractivity contribution < 1.29 is 14.3 Å². The maximum atomic E-state index is 12.3. The van der Waals surface area contributed by atoms with Gasteiger partial charge >= 0.3 is 5.97 Å². The first-order chi connectivity index (χ1) is 9.90. The molecule has 0 aromatic rings. The fourth-order valence-electron chi connectivity index (χ4n) is 3.84. The van der Waals surface area contributed by atoms with Crippen LogP contribution in [0.15, 0.2) is 0 Å². The van der Waals surface area contributed by atoms with E-state index in [1.807, 2.05) is 0 Å². The van der Waals surface area contributed by atoms with Crippen molar-refractivity contribution >= 4 is 5.97 Å². The molecule has 0 aromatic carbocycles. The van der Waals surface area contributed by atoms with E-state index in [0.29, 0.717) is 11.5 Å². The molecule has 0 saturated heterocycles. The van der Waals surface area contributed by atoms with Crippen LogP contribution in [0.4, 0.5) is 0 Å². The molecule has 2 aliphatic carbocycles. The Bertz CT molecular complexity index is 329. The van der Waals surface area contributed by atoms with E-state index in [0.717, 1.165) is 44.4 Å². The van der Waals surface area contributed by atoms with E-state index >= 15 is 0 Å². The van der Waals surface area contributed by atoms with Crippen LogP contribution in [0.5, 0.6) is 0 Å². The number of esters is 1. The van der Waals surface area contributed by atoms with E-state index in [9.17, 15) is 4.79 Å². The third kappa shape index (κ3) is 4.70. The Labute approximate surface area is 129 Å². The first kappa shape index (κ1) is 16.8. The molecule has 0 heterocycles. The van der Waals surface area contributed by atoms with Gasteiger partial charge in [0.05, 0.1) is 12.0 Å². The van der Waals surface area contributed by atoms with Crippen LogP contribution >= 0.6 is 0 Å². The second kappa shape index (κ2) is 7.13. The molecule has 21 heavy (non-hydrogen) atoms. The average molecular weight is 296 g/mol. The van der Waals surface area contributed by atoms with Gasteiger partial charge in [0.25, 0.3) is 0 Å². The van der Waals surface area contributed by atoms with Crippen LogP contribution in [-0.4, -0.2) is 25.3 Å². The van der Waals surface area contributed by atoms with Crippen LogP contribution < -0.4 is 0 Å². The summed E-state index contributed by atoms with van der Waals surface area (Å²) in [5, 5.41) is 0. The molecule has 0 N–H and O–H groups in total. The third-order valence-electron chi connectivity index (χ3n) is 5.52. The van der Waals surface area contributed by atoms with E-state index in [4.69, 9.17) is 9.47 Å². The van der Waals surface area contributed by atoms with E-state index < -0.39 is 0 Å². The van der Waals surface area contributed by atoms with Crippen LogP contribution in [-0.2, 0) is 14.3 Å². The predicted molar refractivity (Wildman–Crippen MR) is 84.0 cm³/mol. The molecule has 0 atom stereocenters. The van der Waals surface area contributed by atoms with Crippen LogP contribution in [0.2, 0.25) is 0 Å². The molecule has 2 rings (SSSR count). The molecular formula is C18H32O3. The van der Waals surface area contributed by atoms with Gasteiger partial charge in [-0.2, -0.15) is 0 Å². The fourth-order valence-corrected chi connectivity index (χ4v) is 3.84. The van der Waals surface area contributed by atoms with Gasteiger partial charge in [-0.1, -0.05) is 20.8 Å². The highest BCUT2D eigenvalue weighted by Crippen LogP contribution is 2.40. The van der Waals surface area contributed by atoms with E-state index in [2.05, 4.69) is 20.8 Å². The topological polar surface area (TPSA) is 35.5 Å².